The smallest absolute Gasteiger partial charge is 0.325 e. The van der Waals surface area contributed by atoms with Crippen molar-refractivity contribution in [3.8, 4) is 0 Å². The van der Waals surface area contributed by atoms with Crippen LogP contribution in [0, 0.1) is 0 Å². The first-order valence-electron chi connectivity index (χ1n) is 5.26. The van der Waals surface area contributed by atoms with Crippen LogP contribution in [0.5, 0.6) is 0 Å². The molecule has 1 aliphatic rings. The fraction of sp³-hybridized carbons (Fsp3) is 0.900. The summed E-state index contributed by atoms with van der Waals surface area (Å²) in [5.74, 6) is -0.425. The summed E-state index contributed by atoms with van der Waals surface area (Å²) >= 11 is 0. The van der Waals surface area contributed by atoms with Crippen LogP contribution in [0.1, 0.15) is 19.3 Å². The van der Waals surface area contributed by atoms with E-state index < -0.39 is 12.0 Å². The third-order valence-electron chi connectivity index (χ3n) is 2.33. The van der Waals surface area contributed by atoms with E-state index in [1.54, 1.807) is 0 Å². The van der Waals surface area contributed by atoms with E-state index in [-0.39, 0.29) is 12.7 Å². The van der Waals surface area contributed by atoms with Gasteiger partial charge in [-0.15, -0.1) is 0 Å². The van der Waals surface area contributed by atoms with Crippen LogP contribution in [-0.4, -0.2) is 45.0 Å². The van der Waals surface area contributed by atoms with E-state index in [0.717, 1.165) is 25.9 Å². The van der Waals surface area contributed by atoms with E-state index in [2.05, 4.69) is 0 Å². The minimum absolute atomic E-state index is 0.0393. The number of carbonyl (C=O) groups is 1. The van der Waals surface area contributed by atoms with Gasteiger partial charge in [-0.1, -0.05) is 0 Å². The summed E-state index contributed by atoms with van der Waals surface area (Å²) < 4.78 is 15.2. The van der Waals surface area contributed by atoms with E-state index in [9.17, 15) is 4.79 Å². The molecule has 2 N–H and O–H groups in total. The van der Waals surface area contributed by atoms with Gasteiger partial charge in [0.2, 0.25) is 0 Å². The molecule has 5 heteroatoms. The Kier molecular flexibility index (Phi) is 5.60. The number of ether oxygens (including phenoxy) is 3. The molecule has 0 amide bonds. The second-order valence-electron chi connectivity index (χ2n) is 3.68. The van der Waals surface area contributed by atoms with Gasteiger partial charge in [-0.25, -0.2) is 0 Å². The molecule has 5 nitrogen and oxygen atoms in total. The molecule has 0 radical (unpaired) electrons. The fourth-order valence-electron chi connectivity index (χ4n) is 1.47. The standard InChI is InChI=1S/C10H19NO4/c1-13-7-9(11)10(12)15-6-8-4-2-3-5-14-8/h8-9H,2-7,11H2,1H3. The number of nitrogens with two attached hydrogens (primary N) is 1. The number of hydrogen-bond acceptors (Lipinski definition) is 5. The van der Waals surface area contributed by atoms with Gasteiger partial charge >= 0.3 is 5.97 Å². The van der Waals surface area contributed by atoms with E-state index in [1.807, 2.05) is 0 Å². The molecule has 15 heavy (non-hydrogen) atoms. The molecule has 2 unspecified atom stereocenters. The molecule has 0 saturated carbocycles. The summed E-state index contributed by atoms with van der Waals surface area (Å²) in [4.78, 5) is 11.3. The Morgan fingerprint density at radius 3 is 3.00 bits per heavy atom. The molecule has 1 fully saturated rings. The number of carbonyl (C=O) groups excluding carboxylic acids is 1. The Morgan fingerprint density at radius 2 is 2.40 bits per heavy atom. The average Bonchev–Trinajstić information content (AvgIpc) is 2.27. The summed E-state index contributed by atoms with van der Waals surface area (Å²) in [7, 11) is 1.50. The van der Waals surface area contributed by atoms with E-state index in [4.69, 9.17) is 19.9 Å². The molecule has 1 saturated heterocycles. The van der Waals surface area contributed by atoms with Crippen molar-refractivity contribution in [3.63, 3.8) is 0 Å². The van der Waals surface area contributed by atoms with Crippen molar-refractivity contribution in [1.29, 1.82) is 0 Å². The van der Waals surface area contributed by atoms with Crippen molar-refractivity contribution in [3.05, 3.63) is 0 Å². The normalized spacial score (nSPS) is 23.5. The summed E-state index contributed by atoms with van der Waals surface area (Å²) in [5, 5.41) is 0. The molecule has 0 aliphatic carbocycles. The van der Waals surface area contributed by atoms with Gasteiger partial charge in [0, 0.05) is 13.7 Å². The highest BCUT2D eigenvalue weighted by Crippen LogP contribution is 2.12. The third kappa shape index (κ3) is 4.59. The quantitative estimate of drug-likeness (QED) is 0.660. The van der Waals surface area contributed by atoms with Gasteiger partial charge in [-0.2, -0.15) is 0 Å². The molecule has 0 spiro atoms. The highest BCUT2D eigenvalue weighted by atomic mass is 16.6. The van der Waals surface area contributed by atoms with Gasteiger partial charge in [-0.05, 0) is 19.3 Å². The van der Waals surface area contributed by atoms with Crippen molar-refractivity contribution in [2.75, 3.05) is 26.9 Å². The lowest BCUT2D eigenvalue weighted by Gasteiger charge is -2.22. The van der Waals surface area contributed by atoms with Crippen LogP contribution in [-0.2, 0) is 19.0 Å². The van der Waals surface area contributed by atoms with Crippen LogP contribution in [0.25, 0.3) is 0 Å². The molecular weight excluding hydrogens is 198 g/mol. The first kappa shape index (κ1) is 12.4. The van der Waals surface area contributed by atoms with Crippen LogP contribution < -0.4 is 5.73 Å². The van der Waals surface area contributed by atoms with Gasteiger partial charge in [-0.3, -0.25) is 4.79 Å². The zero-order valence-electron chi connectivity index (χ0n) is 9.11. The second-order valence-corrected chi connectivity index (χ2v) is 3.68. The Bertz CT molecular complexity index is 192. The third-order valence-corrected chi connectivity index (χ3v) is 2.33. The second kappa shape index (κ2) is 6.76. The lowest BCUT2D eigenvalue weighted by Crippen LogP contribution is -2.38. The van der Waals surface area contributed by atoms with Gasteiger partial charge in [0.1, 0.15) is 12.6 Å². The lowest BCUT2D eigenvalue weighted by molar-refractivity contribution is -0.151. The number of rotatable bonds is 5. The van der Waals surface area contributed by atoms with E-state index >= 15 is 0 Å². The summed E-state index contributed by atoms with van der Waals surface area (Å²) in [6, 6.07) is -0.696. The summed E-state index contributed by atoms with van der Waals surface area (Å²) in [6.07, 6.45) is 3.21. The highest BCUT2D eigenvalue weighted by molar-refractivity contribution is 5.75. The van der Waals surface area contributed by atoms with Crippen molar-refractivity contribution in [2.45, 2.75) is 31.4 Å². The van der Waals surface area contributed by atoms with Gasteiger partial charge in [0.25, 0.3) is 0 Å². The number of methoxy groups -OCH3 is 1. The summed E-state index contributed by atoms with van der Waals surface area (Å²) in [5.41, 5.74) is 5.50. The predicted molar refractivity (Wildman–Crippen MR) is 54.4 cm³/mol. The predicted octanol–water partition coefficient (Wildman–Crippen LogP) is 0.0724. The van der Waals surface area contributed by atoms with Crippen molar-refractivity contribution in [1.82, 2.24) is 0 Å². The number of hydrogen-bond donors (Lipinski definition) is 1. The van der Waals surface area contributed by atoms with E-state index in [1.165, 1.54) is 7.11 Å². The lowest BCUT2D eigenvalue weighted by atomic mass is 10.1. The fourth-order valence-corrected chi connectivity index (χ4v) is 1.47. The Labute approximate surface area is 89.9 Å². The molecule has 1 aliphatic heterocycles. The molecular formula is C10H19NO4. The zero-order chi connectivity index (χ0) is 11.1. The number of esters is 1. The maximum atomic E-state index is 11.3. The monoisotopic (exact) mass is 217 g/mol. The molecule has 0 bridgehead atoms. The largest absolute Gasteiger partial charge is 0.462 e. The maximum absolute atomic E-state index is 11.3. The zero-order valence-corrected chi connectivity index (χ0v) is 9.11. The van der Waals surface area contributed by atoms with Crippen LogP contribution in [0.4, 0.5) is 0 Å². The Balaban J connectivity index is 2.14. The van der Waals surface area contributed by atoms with Crippen LogP contribution in [0.2, 0.25) is 0 Å². The summed E-state index contributed by atoms with van der Waals surface area (Å²) in [6.45, 7) is 1.24. The average molecular weight is 217 g/mol. The Morgan fingerprint density at radius 1 is 1.60 bits per heavy atom. The van der Waals surface area contributed by atoms with Crippen molar-refractivity contribution >= 4 is 5.97 Å². The van der Waals surface area contributed by atoms with Crippen LogP contribution >= 0.6 is 0 Å². The molecule has 0 aromatic rings. The highest BCUT2D eigenvalue weighted by Gasteiger charge is 2.19. The topological polar surface area (TPSA) is 70.8 Å². The van der Waals surface area contributed by atoms with Crippen LogP contribution in [0.3, 0.4) is 0 Å². The van der Waals surface area contributed by atoms with Gasteiger partial charge in [0.15, 0.2) is 0 Å². The molecule has 1 heterocycles. The Hall–Kier alpha value is -0.650. The van der Waals surface area contributed by atoms with E-state index in [0.29, 0.717) is 6.61 Å². The minimum Gasteiger partial charge on any atom is -0.462 e. The molecule has 0 aromatic heterocycles. The minimum atomic E-state index is -0.696. The first-order valence-corrected chi connectivity index (χ1v) is 5.26. The molecule has 88 valence electrons. The molecule has 2 atom stereocenters. The SMILES string of the molecule is COCC(N)C(=O)OCC1CCCCO1. The first-order chi connectivity index (χ1) is 7.24. The maximum Gasteiger partial charge on any atom is 0.325 e. The van der Waals surface area contributed by atoms with Gasteiger partial charge in [0.05, 0.1) is 12.7 Å². The van der Waals surface area contributed by atoms with Gasteiger partial charge < -0.3 is 19.9 Å². The molecule has 1 rings (SSSR count). The molecule has 0 aromatic carbocycles. The van der Waals surface area contributed by atoms with Crippen molar-refractivity contribution in [2.24, 2.45) is 5.73 Å². The van der Waals surface area contributed by atoms with Crippen molar-refractivity contribution < 1.29 is 19.0 Å². The van der Waals surface area contributed by atoms with Crippen LogP contribution in [0.15, 0.2) is 0 Å².